The molecular formula is C24H17BrCl2OSi. The van der Waals surface area contributed by atoms with E-state index >= 15 is 0 Å². The van der Waals surface area contributed by atoms with Crippen LogP contribution in [0.3, 0.4) is 0 Å². The zero-order valence-corrected chi connectivity index (χ0v) is 19.5. The minimum atomic E-state index is -2.90. The van der Waals surface area contributed by atoms with Crippen molar-refractivity contribution < 1.29 is 4.43 Å². The van der Waals surface area contributed by atoms with Crippen LogP contribution in [0.25, 0.3) is 0 Å². The summed E-state index contributed by atoms with van der Waals surface area (Å²) in [6.45, 7) is 0. The highest BCUT2D eigenvalue weighted by molar-refractivity contribution is 9.10. The van der Waals surface area contributed by atoms with E-state index in [1.165, 1.54) is 0 Å². The quantitative estimate of drug-likeness (QED) is 0.249. The lowest BCUT2D eigenvalue weighted by molar-refractivity contribution is 0.573. The Morgan fingerprint density at radius 2 is 1.03 bits per heavy atom. The van der Waals surface area contributed by atoms with Crippen LogP contribution in [-0.4, -0.2) is 8.32 Å². The van der Waals surface area contributed by atoms with E-state index in [0.717, 1.165) is 20.0 Å². The van der Waals surface area contributed by atoms with Crippen molar-refractivity contribution in [3.63, 3.8) is 0 Å². The van der Waals surface area contributed by atoms with Gasteiger partial charge in [0.1, 0.15) is 5.75 Å². The van der Waals surface area contributed by atoms with Crippen LogP contribution >= 0.6 is 39.1 Å². The summed E-state index contributed by atoms with van der Waals surface area (Å²) >= 11 is 16.4. The van der Waals surface area contributed by atoms with Gasteiger partial charge in [0, 0.05) is 5.02 Å². The van der Waals surface area contributed by atoms with Gasteiger partial charge in [-0.05, 0) is 43.6 Å². The van der Waals surface area contributed by atoms with Gasteiger partial charge in [-0.25, -0.2) is 0 Å². The van der Waals surface area contributed by atoms with Crippen molar-refractivity contribution >= 4 is 63.0 Å². The normalized spacial score (nSPS) is 11.3. The summed E-state index contributed by atoms with van der Waals surface area (Å²) < 4.78 is 7.71. The maximum Gasteiger partial charge on any atom is 0.347 e. The molecule has 1 nitrogen and oxygen atoms in total. The first kappa shape index (κ1) is 20.2. The average molecular weight is 500 g/mol. The Bertz CT molecular complexity index is 986. The number of hydrogen-bond donors (Lipinski definition) is 0. The van der Waals surface area contributed by atoms with E-state index in [1.54, 1.807) is 6.07 Å². The molecule has 0 saturated carbocycles. The summed E-state index contributed by atoms with van der Waals surface area (Å²) in [5, 5.41) is 4.44. The molecular weight excluding hydrogens is 483 g/mol. The first-order chi connectivity index (χ1) is 14.1. The highest BCUT2D eigenvalue weighted by atomic mass is 79.9. The Hall–Kier alpha value is -2.04. The van der Waals surface area contributed by atoms with Gasteiger partial charge in [0.15, 0.2) is 0 Å². The van der Waals surface area contributed by atoms with Crippen molar-refractivity contribution in [3.8, 4) is 5.75 Å². The molecule has 0 aliphatic rings. The Morgan fingerprint density at radius 3 is 1.41 bits per heavy atom. The maximum absolute atomic E-state index is 6.98. The summed E-state index contributed by atoms with van der Waals surface area (Å²) in [7, 11) is -2.90. The van der Waals surface area contributed by atoms with Crippen LogP contribution in [0.5, 0.6) is 5.75 Å². The van der Waals surface area contributed by atoms with Crippen molar-refractivity contribution in [2.45, 2.75) is 0 Å². The van der Waals surface area contributed by atoms with Crippen LogP contribution in [0.2, 0.25) is 10.0 Å². The Kier molecular flexibility index (Phi) is 6.11. The second-order valence-electron chi connectivity index (χ2n) is 6.58. The van der Waals surface area contributed by atoms with E-state index < -0.39 is 8.32 Å². The molecule has 5 heteroatoms. The number of benzene rings is 4. The topological polar surface area (TPSA) is 9.23 Å². The lowest BCUT2D eigenvalue weighted by Gasteiger charge is -2.34. The van der Waals surface area contributed by atoms with Gasteiger partial charge in [0.05, 0.1) is 9.50 Å². The molecule has 0 aromatic heterocycles. The van der Waals surface area contributed by atoms with Gasteiger partial charge in [-0.2, -0.15) is 0 Å². The van der Waals surface area contributed by atoms with Crippen LogP contribution in [0.1, 0.15) is 0 Å². The second kappa shape index (κ2) is 8.76. The van der Waals surface area contributed by atoms with Gasteiger partial charge in [-0.15, -0.1) is 0 Å². The molecule has 144 valence electrons. The van der Waals surface area contributed by atoms with Gasteiger partial charge in [0.25, 0.3) is 0 Å². The zero-order chi connectivity index (χ0) is 20.3. The molecule has 0 bridgehead atoms. The number of halogens is 3. The molecule has 0 unspecified atom stereocenters. The fraction of sp³-hybridized carbons (Fsp3) is 0. The van der Waals surface area contributed by atoms with Crippen LogP contribution in [0.4, 0.5) is 0 Å². The van der Waals surface area contributed by atoms with Crippen LogP contribution < -0.4 is 20.0 Å². The SMILES string of the molecule is Clc1cc(Cl)c(O[Si](c2ccccc2)(c2ccccc2)c2ccccc2)c(Br)c1. The Balaban J connectivity index is 2.04. The summed E-state index contributed by atoms with van der Waals surface area (Å²) in [5.41, 5.74) is 0. The predicted molar refractivity (Wildman–Crippen MR) is 129 cm³/mol. The van der Waals surface area contributed by atoms with Crippen molar-refractivity contribution in [3.05, 3.63) is 118 Å². The molecule has 0 saturated heterocycles. The van der Waals surface area contributed by atoms with E-state index in [2.05, 4.69) is 52.3 Å². The van der Waals surface area contributed by atoms with Gasteiger partial charge in [0.2, 0.25) is 0 Å². The second-order valence-corrected chi connectivity index (χ2v) is 11.6. The van der Waals surface area contributed by atoms with Gasteiger partial charge in [-0.3, -0.25) is 0 Å². The Labute approximate surface area is 190 Å². The number of hydrogen-bond acceptors (Lipinski definition) is 1. The van der Waals surface area contributed by atoms with Crippen molar-refractivity contribution in [1.29, 1.82) is 0 Å². The third kappa shape index (κ3) is 4.01. The molecule has 4 aromatic carbocycles. The molecule has 29 heavy (non-hydrogen) atoms. The third-order valence-corrected chi connectivity index (χ3v) is 9.80. The fourth-order valence-corrected chi connectivity index (χ4v) is 8.87. The summed E-state index contributed by atoms with van der Waals surface area (Å²) in [4.78, 5) is 0. The average Bonchev–Trinajstić information content (AvgIpc) is 2.75. The van der Waals surface area contributed by atoms with E-state index in [4.69, 9.17) is 27.6 Å². The summed E-state index contributed by atoms with van der Waals surface area (Å²) in [6.07, 6.45) is 0. The molecule has 4 rings (SSSR count). The monoisotopic (exact) mass is 498 g/mol. The van der Waals surface area contributed by atoms with Crippen molar-refractivity contribution in [1.82, 2.24) is 0 Å². The highest BCUT2D eigenvalue weighted by Gasteiger charge is 2.44. The summed E-state index contributed by atoms with van der Waals surface area (Å²) in [6, 6.07) is 34.6. The van der Waals surface area contributed by atoms with E-state index in [9.17, 15) is 0 Å². The molecule has 0 radical (unpaired) electrons. The first-order valence-electron chi connectivity index (χ1n) is 9.11. The molecule has 0 atom stereocenters. The van der Waals surface area contributed by atoms with Gasteiger partial charge < -0.3 is 4.43 Å². The van der Waals surface area contributed by atoms with E-state index in [-0.39, 0.29) is 0 Å². The molecule has 0 aliphatic carbocycles. The zero-order valence-electron chi connectivity index (χ0n) is 15.4. The molecule has 0 aliphatic heterocycles. The molecule has 0 spiro atoms. The van der Waals surface area contributed by atoms with Crippen molar-refractivity contribution in [2.24, 2.45) is 0 Å². The molecule has 4 aromatic rings. The Morgan fingerprint density at radius 1 is 0.621 bits per heavy atom. The molecule has 0 heterocycles. The lowest BCUT2D eigenvalue weighted by Crippen LogP contribution is -2.71. The van der Waals surface area contributed by atoms with Gasteiger partial charge >= 0.3 is 8.32 Å². The minimum absolute atomic E-state index is 0.476. The highest BCUT2D eigenvalue weighted by Crippen LogP contribution is 2.37. The maximum atomic E-state index is 6.98. The van der Waals surface area contributed by atoms with Gasteiger partial charge in [-0.1, -0.05) is 114 Å². The standard InChI is InChI=1S/C24H17BrCl2OSi/c25-22-16-18(26)17-23(27)24(22)28-29(19-10-4-1-5-11-19,20-12-6-2-7-13-20)21-14-8-3-9-15-21/h1-17H. The lowest BCUT2D eigenvalue weighted by atomic mass is 10.3. The predicted octanol–water partition coefficient (Wildman–Crippen LogP) is 5.80. The smallest absolute Gasteiger partial charge is 0.347 e. The largest absolute Gasteiger partial charge is 0.528 e. The number of rotatable bonds is 5. The first-order valence-corrected chi connectivity index (χ1v) is 12.6. The fourth-order valence-electron chi connectivity index (χ4n) is 3.47. The van der Waals surface area contributed by atoms with E-state index in [1.807, 2.05) is 60.7 Å². The van der Waals surface area contributed by atoms with Crippen LogP contribution in [-0.2, 0) is 0 Å². The minimum Gasteiger partial charge on any atom is -0.528 e. The third-order valence-electron chi connectivity index (χ3n) is 4.76. The van der Waals surface area contributed by atoms with Crippen LogP contribution in [0.15, 0.2) is 108 Å². The molecule has 0 N–H and O–H groups in total. The summed E-state index contributed by atoms with van der Waals surface area (Å²) in [5.74, 6) is 0.597. The molecule has 0 fully saturated rings. The molecule has 0 amide bonds. The van der Waals surface area contributed by atoms with E-state index in [0.29, 0.717) is 15.8 Å². The van der Waals surface area contributed by atoms with Crippen molar-refractivity contribution in [2.75, 3.05) is 0 Å². The van der Waals surface area contributed by atoms with Crippen LogP contribution in [0, 0.1) is 0 Å².